The average molecular weight is 279 g/mol. The summed E-state index contributed by atoms with van der Waals surface area (Å²) in [5.74, 6) is 0.709. The van der Waals surface area contributed by atoms with E-state index < -0.39 is 11.7 Å². The monoisotopic (exact) mass is 279 g/mol. The normalized spacial score (nSPS) is 11.6. The van der Waals surface area contributed by atoms with Crippen molar-refractivity contribution in [2.24, 2.45) is 0 Å². The van der Waals surface area contributed by atoms with Gasteiger partial charge in [-0.15, -0.1) is 0 Å². The molecule has 1 rings (SSSR count). The van der Waals surface area contributed by atoms with Crippen molar-refractivity contribution in [3.05, 3.63) is 41.5 Å². The zero-order chi connectivity index (χ0) is 14.3. The molecule has 1 amide bonds. The van der Waals surface area contributed by atoms with E-state index in [1.165, 1.54) is 0 Å². The minimum absolute atomic E-state index is 0.399. The third kappa shape index (κ3) is 6.91. The van der Waals surface area contributed by atoms with Gasteiger partial charge in [-0.3, -0.25) is 0 Å². The van der Waals surface area contributed by atoms with Crippen molar-refractivity contribution in [3.63, 3.8) is 0 Å². The third-order valence-electron chi connectivity index (χ3n) is 2.20. The molecule has 0 unspecified atom stereocenters. The number of nitrogens with one attached hydrogen (secondary N) is 1. The molecular weight excluding hydrogens is 258 g/mol. The number of rotatable bonds is 4. The summed E-state index contributed by atoms with van der Waals surface area (Å²) in [6, 6.07) is 7.97. The maximum Gasteiger partial charge on any atom is 0.407 e. The number of hydrogen-bond donors (Lipinski definition) is 2. The number of ether oxygens (including phenoxy) is 1. The highest BCUT2D eigenvalue weighted by molar-refractivity contribution is 7.80. The predicted octanol–water partition coefficient (Wildman–Crippen LogP) is 3.65. The molecule has 0 spiro atoms. The van der Waals surface area contributed by atoms with Crippen LogP contribution in [-0.4, -0.2) is 17.4 Å². The fourth-order valence-electron chi connectivity index (χ4n) is 1.48. The predicted molar refractivity (Wildman–Crippen MR) is 82.4 cm³/mol. The van der Waals surface area contributed by atoms with E-state index in [0.717, 1.165) is 11.1 Å². The van der Waals surface area contributed by atoms with Crippen LogP contribution in [0.2, 0.25) is 0 Å². The fourth-order valence-corrected chi connectivity index (χ4v) is 1.59. The number of carbonyl (C=O) groups excluding carboxylic acids is 1. The summed E-state index contributed by atoms with van der Waals surface area (Å²) < 4.78 is 5.18. The lowest BCUT2D eigenvalue weighted by Gasteiger charge is -2.19. The van der Waals surface area contributed by atoms with Crippen molar-refractivity contribution in [3.8, 4) is 0 Å². The van der Waals surface area contributed by atoms with Crippen molar-refractivity contribution >= 4 is 24.8 Å². The molecule has 0 saturated heterocycles. The Morgan fingerprint density at radius 1 is 1.42 bits per heavy atom. The van der Waals surface area contributed by atoms with Crippen molar-refractivity contribution in [1.29, 1.82) is 0 Å². The molecule has 0 atom stereocenters. The highest BCUT2D eigenvalue weighted by atomic mass is 32.1. The van der Waals surface area contributed by atoms with Crippen LogP contribution in [0.5, 0.6) is 0 Å². The van der Waals surface area contributed by atoms with Gasteiger partial charge >= 0.3 is 6.09 Å². The molecule has 0 fully saturated rings. The second-order valence-corrected chi connectivity index (χ2v) is 5.55. The van der Waals surface area contributed by atoms with Gasteiger partial charge in [-0.25, -0.2) is 4.79 Å². The van der Waals surface area contributed by atoms with E-state index in [4.69, 9.17) is 4.74 Å². The van der Waals surface area contributed by atoms with Crippen LogP contribution >= 0.6 is 12.6 Å². The average Bonchev–Trinajstić information content (AvgIpc) is 2.32. The summed E-state index contributed by atoms with van der Waals surface area (Å²) in [5.41, 5.74) is 1.66. The van der Waals surface area contributed by atoms with Crippen LogP contribution in [0.4, 0.5) is 4.79 Å². The maximum absolute atomic E-state index is 11.5. The van der Waals surface area contributed by atoms with Crippen LogP contribution in [0.1, 0.15) is 31.9 Å². The number of amides is 1. The number of benzene rings is 1. The molecule has 0 aliphatic rings. The summed E-state index contributed by atoms with van der Waals surface area (Å²) in [7, 11) is 0. The number of hydrogen-bond acceptors (Lipinski definition) is 3. The SMILES string of the molecule is CC(C)(C)OC(=O)NCc1cccc(C=CCS)c1. The molecule has 4 heteroatoms. The molecule has 19 heavy (non-hydrogen) atoms. The largest absolute Gasteiger partial charge is 0.444 e. The molecule has 0 aliphatic heterocycles. The first kappa shape index (κ1) is 15.6. The Balaban J connectivity index is 2.54. The Morgan fingerprint density at radius 2 is 2.16 bits per heavy atom. The molecule has 1 aromatic carbocycles. The van der Waals surface area contributed by atoms with Gasteiger partial charge in [0, 0.05) is 12.3 Å². The molecule has 0 bridgehead atoms. The summed E-state index contributed by atoms with van der Waals surface area (Å²) >= 11 is 4.12. The van der Waals surface area contributed by atoms with Crippen LogP contribution in [0.25, 0.3) is 6.08 Å². The molecule has 1 N–H and O–H groups in total. The van der Waals surface area contributed by atoms with Gasteiger partial charge in [0.2, 0.25) is 0 Å². The number of alkyl carbamates (subject to hydrolysis) is 1. The van der Waals surface area contributed by atoms with Gasteiger partial charge in [0.1, 0.15) is 5.60 Å². The Hall–Kier alpha value is -1.42. The first-order valence-electron chi connectivity index (χ1n) is 6.24. The molecule has 104 valence electrons. The second kappa shape index (κ2) is 7.24. The standard InChI is InChI=1S/C15H21NO2S/c1-15(2,3)18-14(17)16-11-13-7-4-6-12(10-13)8-5-9-19/h4-8,10,19H,9,11H2,1-3H3,(H,16,17). The number of carbonyl (C=O) groups is 1. The summed E-state index contributed by atoms with van der Waals surface area (Å²) in [6.45, 7) is 5.98. The van der Waals surface area contributed by atoms with Crippen LogP contribution in [0.15, 0.2) is 30.3 Å². The lowest BCUT2D eigenvalue weighted by molar-refractivity contribution is 0.0523. The van der Waals surface area contributed by atoms with Gasteiger partial charge < -0.3 is 10.1 Å². The highest BCUT2D eigenvalue weighted by Gasteiger charge is 2.15. The summed E-state index contributed by atoms with van der Waals surface area (Å²) in [6.07, 6.45) is 3.58. The van der Waals surface area contributed by atoms with Crippen molar-refractivity contribution < 1.29 is 9.53 Å². The van der Waals surface area contributed by atoms with Crippen LogP contribution < -0.4 is 5.32 Å². The fraction of sp³-hybridized carbons (Fsp3) is 0.400. The first-order chi connectivity index (χ1) is 8.90. The van der Waals surface area contributed by atoms with Gasteiger partial charge in [0.25, 0.3) is 0 Å². The lowest BCUT2D eigenvalue weighted by atomic mass is 10.1. The van der Waals surface area contributed by atoms with Gasteiger partial charge in [0.05, 0.1) is 0 Å². The minimum atomic E-state index is -0.471. The maximum atomic E-state index is 11.5. The van der Waals surface area contributed by atoms with Crippen LogP contribution in [0, 0.1) is 0 Å². The smallest absolute Gasteiger partial charge is 0.407 e. The molecule has 0 heterocycles. The highest BCUT2D eigenvalue weighted by Crippen LogP contribution is 2.09. The zero-order valence-electron chi connectivity index (χ0n) is 11.6. The van der Waals surface area contributed by atoms with E-state index in [0.29, 0.717) is 12.3 Å². The Bertz CT molecular complexity index is 450. The lowest BCUT2D eigenvalue weighted by Crippen LogP contribution is -2.32. The van der Waals surface area contributed by atoms with Gasteiger partial charge in [0.15, 0.2) is 0 Å². The molecule has 1 aromatic rings. The quantitative estimate of drug-likeness (QED) is 0.826. The summed E-state index contributed by atoms with van der Waals surface area (Å²) in [4.78, 5) is 11.5. The minimum Gasteiger partial charge on any atom is -0.444 e. The van der Waals surface area contributed by atoms with E-state index in [1.807, 2.05) is 57.2 Å². The van der Waals surface area contributed by atoms with E-state index in [-0.39, 0.29) is 0 Å². The Labute approximate surface area is 120 Å². The molecular formula is C15H21NO2S. The third-order valence-corrected chi connectivity index (χ3v) is 2.41. The topological polar surface area (TPSA) is 38.3 Å². The van der Waals surface area contributed by atoms with Crippen LogP contribution in [0.3, 0.4) is 0 Å². The van der Waals surface area contributed by atoms with Crippen LogP contribution in [-0.2, 0) is 11.3 Å². The van der Waals surface area contributed by atoms with Gasteiger partial charge in [-0.05, 0) is 38.0 Å². The number of thiol groups is 1. The summed E-state index contributed by atoms with van der Waals surface area (Å²) in [5, 5.41) is 2.74. The van der Waals surface area contributed by atoms with E-state index in [9.17, 15) is 4.79 Å². The molecule has 3 nitrogen and oxygen atoms in total. The van der Waals surface area contributed by atoms with E-state index in [2.05, 4.69) is 17.9 Å². The van der Waals surface area contributed by atoms with Crippen molar-refractivity contribution in [2.45, 2.75) is 32.9 Å². The second-order valence-electron chi connectivity index (χ2n) is 5.19. The van der Waals surface area contributed by atoms with Gasteiger partial charge in [-0.1, -0.05) is 30.4 Å². The molecule has 0 saturated carbocycles. The molecule has 0 aromatic heterocycles. The Morgan fingerprint density at radius 3 is 2.79 bits per heavy atom. The van der Waals surface area contributed by atoms with Crippen molar-refractivity contribution in [2.75, 3.05) is 5.75 Å². The Kier molecular flexibility index (Phi) is 5.96. The van der Waals surface area contributed by atoms with E-state index in [1.54, 1.807) is 0 Å². The molecule has 0 aliphatic carbocycles. The van der Waals surface area contributed by atoms with Gasteiger partial charge in [-0.2, -0.15) is 12.6 Å². The first-order valence-corrected chi connectivity index (χ1v) is 6.87. The van der Waals surface area contributed by atoms with Crippen molar-refractivity contribution in [1.82, 2.24) is 5.32 Å². The van der Waals surface area contributed by atoms with E-state index >= 15 is 0 Å². The zero-order valence-corrected chi connectivity index (χ0v) is 12.5. The molecule has 0 radical (unpaired) electrons.